The molecule has 4 nitrogen and oxygen atoms in total. The van der Waals surface area contributed by atoms with Crippen molar-refractivity contribution in [1.29, 1.82) is 0 Å². The van der Waals surface area contributed by atoms with Crippen LogP contribution in [0.1, 0.15) is 0 Å². The zero-order valence-corrected chi connectivity index (χ0v) is 7.25. The van der Waals surface area contributed by atoms with Crippen LogP contribution in [-0.4, -0.2) is 24.5 Å². The van der Waals surface area contributed by atoms with Crippen molar-refractivity contribution >= 4 is 11.4 Å². The van der Waals surface area contributed by atoms with Crippen molar-refractivity contribution in [3.63, 3.8) is 0 Å². The summed E-state index contributed by atoms with van der Waals surface area (Å²) in [6.45, 7) is 0.731. The monoisotopic (exact) mass is 179 g/mol. The highest BCUT2D eigenvalue weighted by Gasteiger charge is 2.16. The summed E-state index contributed by atoms with van der Waals surface area (Å²) in [5.41, 5.74) is 2.19. The molecule has 4 N–H and O–H groups in total. The number of aliphatic hydroxyl groups is 1. The second-order valence-electron chi connectivity index (χ2n) is 2.95. The Labute approximate surface area is 77.0 Å². The first kappa shape index (κ1) is 8.34. The summed E-state index contributed by atoms with van der Waals surface area (Å²) in [5.74, 6) is 0. The Bertz CT molecular complexity index is 265. The lowest BCUT2D eigenvalue weighted by atomic mass is 10.3. The summed E-state index contributed by atoms with van der Waals surface area (Å²) in [4.78, 5) is 0. The summed E-state index contributed by atoms with van der Waals surface area (Å²) in [7, 11) is 0. The van der Waals surface area contributed by atoms with Gasteiger partial charge in [0.15, 0.2) is 6.29 Å². The van der Waals surface area contributed by atoms with Crippen LogP contribution in [0.4, 0.5) is 11.4 Å². The first-order valence-corrected chi connectivity index (χ1v) is 4.36. The molecule has 0 unspecified atom stereocenters. The number of para-hydroxylation sites is 2. The van der Waals surface area contributed by atoms with Crippen molar-refractivity contribution in [3.05, 3.63) is 24.3 Å². The van der Waals surface area contributed by atoms with Crippen LogP contribution in [0, 0.1) is 0 Å². The van der Waals surface area contributed by atoms with Gasteiger partial charge in [0.1, 0.15) is 0 Å². The lowest BCUT2D eigenvalue weighted by Crippen LogP contribution is -2.40. The van der Waals surface area contributed by atoms with Gasteiger partial charge in [-0.2, -0.15) is 0 Å². The van der Waals surface area contributed by atoms with Gasteiger partial charge >= 0.3 is 0 Å². The van der Waals surface area contributed by atoms with E-state index in [0.717, 1.165) is 11.4 Å². The fourth-order valence-corrected chi connectivity index (χ4v) is 1.39. The Hall–Kier alpha value is -1.26. The third kappa shape index (κ3) is 1.74. The third-order valence-corrected chi connectivity index (χ3v) is 1.99. The third-order valence-electron chi connectivity index (χ3n) is 1.99. The maximum atomic E-state index is 8.63. The van der Waals surface area contributed by atoms with E-state index in [1.165, 1.54) is 0 Å². The Morgan fingerprint density at radius 1 is 1.23 bits per heavy atom. The van der Waals surface area contributed by atoms with E-state index in [-0.39, 0.29) is 12.9 Å². The first-order valence-electron chi connectivity index (χ1n) is 4.36. The zero-order chi connectivity index (χ0) is 9.10. The van der Waals surface area contributed by atoms with Gasteiger partial charge in [-0.1, -0.05) is 12.1 Å². The molecule has 4 heteroatoms. The lowest BCUT2D eigenvalue weighted by molar-refractivity contribution is 0.289. The van der Waals surface area contributed by atoms with Gasteiger partial charge in [0.05, 0.1) is 18.0 Å². The van der Waals surface area contributed by atoms with Crippen molar-refractivity contribution in [2.45, 2.75) is 6.29 Å². The standard InChI is InChI=1S/C9H13N3O/c13-6-5-10-9-11-7-3-1-2-4-8(7)12-9/h1-4,9-13H,5-6H2. The molecule has 0 fully saturated rings. The van der Waals surface area contributed by atoms with Gasteiger partial charge in [-0.15, -0.1) is 0 Å². The van der Waals surface area contributed by atoms with Crippen LogP contribution >= 0.6 is 0 Å². The molecule has 0 amide bonds. The maximum absolute atomic E-state index is 8.63. The molecule has 70 valence electrons. The predicted octanol–water partition coefficient (Wildman–Crippen LogP) is 0.389. The van der Waals surface area contributed by atoms with Crippen molar-refractivity contribution < 1.29 is 5.11 Å². The van der Waals surface area contributed by atoms with Gasteiger partial charge < -0.3 is 15.7 Å². The summed E-state index contributed by atoms with van der Waals surface area (Å²) < 4.78 is 0. The molecule has 1 heterocycles. The quantitative estimate of drug-likeness (QED) is 0.542. The zero-order valence-electron chi connectivity index (χ0n) is 7.25. The Balaban J connectivity index is 1.97. The number of hydrogen-bond acceptors (Lipinski definition) is 4. The molecule has 13 heavy (non-hydrogen) atoms. The minimum absolute atomic E-state index is 0.0320. The largest absolute Gasteiger partial charge is 0.395 e. The second kappa shape index (κ2) is 3.64. The van der Waals surface area contributed by atoms with E-state index in [1.54, 1.807) is 0 Å². The molecule has 2 rings (SSSR count). The van der Waals surface area contributed by atoms with Gasteiger partial charge in [-0.05, 0) is 12.1 Å². The molecule has 0 atom stereocenters. The second-order valence-corrected chi connectivity index (χ2v) is 2.95. The summed E-state index contributed by atoms with van der Waals surface area (Å²) in [5, 5.41) is 18.2. The number of nitrogens with one attached hydrogen (secondary N) is 3. The number of benzene rings is 1. The summed E-state index contributed by atoms with van der Waals surface area (Å²) in [6, 6.07) is 8.01. The molecular weight excluding hydrogens is 166 g/mol. The summed E-state index contributed by atoms with van der Waals surface area (Å²) in [6.07, 6.45) is 0.0320. The maximum Gasteiger partial charge on any atom is 0.153 e. The number of fused-ring (bicyclic) bond motifs is 1. The van der Waals surface area contributed by atoms with E-state index in [9.17, 15) is 0 Å². The fourth-order valence-electron chi connectivity index (χ4n) is 1.39. The van der Waals surface area contributed by atoms with Gasteiger partial charge in [0.2, 0.25) is 0 Å². The molecule has 0 spiro atoms. The molecule has 0 saturated heterocycles. The summed E-state index contributed by atoms with van der Waals surface area (Å²) >= 11 is 0. The number of rotatable bonds is 3. The molecule has 0 aliphatic carbocycles. The van der Waals surface area contributed by atoms with Crippen molar-refractivity contribution in [2.75, 3.05) is 23.8 Å². The average molecular weight is 179 g/mol. The minimum atomic E-state index is 0.0320. The normalized spacial score (nSPS) is 14.8. The van der Waals surface area contributed by atoms with Crippen LogP contribution in [0.25, 0.3) is 0 Å². The number of hydrogen-bond donors (Lipinski definition) is 4. The Morgan fingerprint density at radius 3 is 2.38 bits per heavy atom. The molecule has 0 bridgehead atoms. The van der Waals surface area contributed by atoms with E-state index < -0.39 is 0 Å². The topological polar surface area (TPSA) is 56.3 Å². The average Bonchev–Trinajstić information content (AvgIpc) is 2.57. The van der Waals surface area contributed by atoms with Crippen LogP contribution in [0.2, 0.25) is 0 Å². The van der Waals surface area contributed by atoms with Crippen LogP contribution < -0.4 is 16.0 Å². The van der Waals surface area contributed by atoms with Gasteiger partial charge in [-0.25, -0.2) is 0 Å². The van der Waals surface area contributed by atoms with Crippen LogP contribution in [-0.2, 0) is 0 Å². The van der Waals surface area contributed by atoms with Crippen molar-refractivity contribution in [3.8, 4) is 0 Å². The number of aliphatic hydroxyl groups excluding tert-OH is 1. The van der Waals surface area contributed by atoms with Crippen LogP contribution in [0.15, 0.2) is 24.3 Å². The molecule has 0 aromatic heterocycles. The van der Waals surface area contributed by atoms with E-state index >= 15 is 0 Å². The molecule has 1 aromatic carbocycles. The molecule has 0 saturated carbocycles. The Kier molecular flexibility index (Phi) is 2.33. The molecule has 1 aliphatic heterocycles. The minimum Gasteiger partial charge on any atom is -0.395 e. The van der Waals surface area contributed by atoms with Gasteiger partial charge in [0, 0.05) is 6.54 Å². The molecule has 1 aliphatic rings. The Morgan fingerprint density at radius 2 is 1.85 bits per heavy atom. The van der Waals surface area contributed by atoms with Crippen LogP contribution in [0.3, 0.4) is 0 Å². The van der Waals surface area contributed by atoms with Crippen molar-refractivity contribution in [1.82, 2.24) is 5.32 Å². The lowest BCUT2D eigenvalue weighted by Gasteiger charge is -2.12. The highest BCUT2D eigenvalue weighted by Crippen LogP contribution is 2.26. The molecular formula is C9H13N3O. The highest BCUT2D eigenvalue weighted by atomic mass is 16.3. The van der Waals surface area contributed by atoms with E-state index in [4.69, 9.17) is 5.11 Å². The fraction of sp³-hybridized carbons (Fsp3) is 0.333. The number of anilines is 2. The molecule has 1 aromatic rings. The van der Waals surface area contributed by atoms with Crippen molar-refractivity contribution in [2.24, 2.45) is 0 Å². The van der Waals surface area contributed by atoms with E-state index in [2.05, 4.69) is 16.0 Å². The highest BCUT2D eigenvalue weighted by molar-refractivity contribution is 5.73. The van der Waals surface area contributed by atoms with Crippen LogP contribution in [0.5, 0.6) is 0 Å². The first-order chi connectivity index (χ1) is 6.40. The smallest absolute Gasteiger partial charge is 0.153 e. The van der Waals surface area contributed by atoms with Gasteiger partial charge in [-0.3, -0.25) is 5.32 Å². The molecule has 0 radical (unpaired) electrons. The van der Waals surface area contributed by atoms with Gasteiger partial charge in [0.25, 0.3) is 0 Å². The van der Waals surface area contributed by atoms with E-state index in [1.807, 2.05) is 24.3 Å². The SMILES string of the molecule is OCCNC1Nc2ccccc2N1. The predicted molar refractivity (Wildman–Crippen MR) is 52.6 cm³/mol. The van der Waals surface area contributed by atoms with E-state index in [0.29, 0.717) is 6.54 Å².